The van der Waals surface area contributed by atoms with Gasteiger partial charge in [0.25, 0.3) is 0 Å². The normalized spacial score (nSPS) is 10.7. The monoisotopic (exact) mass is 392 g/mol. The minimum absolute atomic E-state index is 0.00967. The van der Waals surface area contributed by atoms with Gasteiger partial charge in [0.2, 0.25) is 0 Å². The van der Waals surface area contributed by atoms with Gasteiger partial charge in [0.1, 0.15) is 11.5 Å². The summed E-state index contributed by atoms with van der Waals surface area (Å²) in [4.78, 5) is 12.5. The van der Waals surface area contributed by atoms with E-state index in [4.69, 9.17) is 14.2 Å². The van der Waals surface area contributed by atoms with E-state index in [1.165, 1.54) is 27.4 Å². The molecule has 5 nitrogen and oxygen atoms in total. The molecule has 0 spiro atoms. The second-order valence-corrected chi connectivity index (χ2v) is 5.67. The molecule has 0 amide bonds. The van der Waals surface area contributed by atoms with E-state index in [1.807, 2.05) is 0 Å². The maximum Gasteiger partial charge on any atom is 0.189 e. The lowest BCUT2D eigenvalue weighted by atomic mass is 10.1. The SMILES string of the molecule is COc1ccc(OC)c(C(=O)/C=C/c2cc(Br)c(O)c(OC)c2)c1. The predicted molar refractivity (Wildman–Crippen MR) is 95.3 cm³/mol. The lowest BCUT2D eigenvalue weighted by molar-refractivity contribution is 0.104. The molecule has 0 aliphatic rings. The van der Waals surface area contributed by atoms with Crippen molar-refractivity contribution in [2.24, 2.45) is 0 Å². The number of ether oxygens (including phenoxy) is 3. The van der Waals surface area contributed by atoms with Crippen molar-refractivity contribution < 1.29 is 24.1 Å². The van der Waals surface area contributed by atoms with Crippen molar-refractivity contribution in [3.8, 4) is 23.0 Å². The quantitative estimate of drug-likeness (QED) is 0.592. The number of phenolic OH excluding ortho intramolecular Hbond substituents is 1. The van der Waals surface area contributed by atoms with Crippen molar-refractivity contribution in [1.29, 1.82) is 0 Å². The Morgan fingerprint density at radius 2 is 1.75 bits per heavy atom. The van der Waals surface area contributed by atoms with Gasteiger partial charge < -0.3 is 19.3 Å². The van der Waals surface area contributed by atoms with Crippen LogP contribution in [0.1, 0.15) is 15.9 Å². The van der Waals surface area contributed by atoms with E-state index in [1.54, 1.807) is 36.4 Å². The van der Waals surface area contributed by atoms with Gasteiger partial charge in [-0.1, -0.05) is 6.08 Å². The third-order valence-corrected chi connectivity index (χ3v) is 3.97. The van der Waals surface area contributed by atoms with E-state index in [9.17, 15) is 9.90 Å². The van der Waals surface area contributed by atoms with Gasteiger partial charge >= 0.3 is 0 Å². The first-order valence-electron chi connectivity index (χ1n) is 7.01. The molecule has 24 heavy (non-hydrogen) atoms. The van der Waals surface area contributed by atoms with Crippen molar-refractivity contribution in [3.63, 3.8) is 0 Å². The molecule has 0 bridgehead atoms. The van der Waals surface area contributed by atoms with Crippen LogP contribution in [-0.4, -0.2) is 32.2 Å². The Labute approximate surface area is 148 Å². The fraction of sp³-hybridized carbons (Fsp3) is 0.167. The fourth-order valence-electron chi connectivity index (χ4n) is 2.11. The number of ketones is 1. The number of methoxy groups -OCH3 is 3. The second kappa shape index (κ2) is 7.88. The van der Waals surface area contributed by atoms with Crippen LogP contribution < -0.4 is 14.2 Å². The van der Waals surface area contributed by atoms with Crippen molar-refractivity contribution >= 4 is 27.8 Å². The molecule has 0 atom stereocenters. The zero-order valence-electron chi connectivity index (χ0n) is 13.5. The van der Waals surface area contributed by atoms with Crippen LogP contribution in [0.2, 0.25) is 0 Å². The van der Waals surface area contributed by atoms with E-state index in [0.717, 1.165) is 0 Å². The van der Waals surface area contributed by atoms with Gasteiger partial charge in [-0.25, -0.2) is 0 Å². The van der Waals surface area contributed by atoms with Crippen molar-refractivity contribution in [2.45, 2.75) is 0 Å². The van der Waals surface area contributed by atoms with Crippen LogP contribution in [-0.2, 0) is 0 Å². The molecule has 0 aromatic heterocycles. The first-order valence-corrected chi connectivity index (χ1v) is 7.80. The maximum absolute atomic E-state index is 12.5. The van der Waals surface area contributed by atoms with Gasteiger partial charge in [-0.3, -0.25) is 4.79 Å². The Balaban J connectivity index is 2.33. The van der Waals surface area contributed by atoms with Gasteiger partial charge in [0, 0.05) is 0 Å². The van der Waals surface area contributed by atoms with E-state index in [0.29, 0.717) is 32.8 Å². The van der Waals surface area contributed by atoms with E-state index in [-0.39, 0.29) is 11.5 Å². The summed E-state index contributed by atoms with van der Waals surface area (Å²) in [6.45, 7) is 0. The number of rotatable bonds is 6. The molecule has 0 saturated heterocycles. The maximum atomic E-state index is 12.5. The summed E-state index contributed by atoms with van der Waals surface area (Å²) >= 11 is 3.25. The Morgan fingerprint density at radius 3 is 2.38 bits per heavy atom. The van der Waals surface area contributed by atoms with Crippen LogP contribution in [0.5, 0.6) is 23.0 Å². The summed E-state index contributed by atoms with van der Waals surface area (Å²) in [6, 6.07) is 8.34. The first kappa shape index (κ1) is 17.9. The van der Waals surface area contributed by atoms with Gasteiger partial charge in [-0.15, -0.1) is 0 Å². The molecule has 0 unspecified atom stereocenters. The topological polar surface area (TPSA) is 65.0 Å². The number of aromatic hydroxyl groups is 1. The van der Waals surface area contributed by atoms with Gasteiger partial charge in [-0.2, -0.15) is 0 Å². The number of phenols is 1. The van der Waals surface area contributed by atoms with Crippen molar-refractivity contribution in [2.75, 3.05) is 21.3 Å². The molecule has 1 N–H and O–H groups in total. The molecular formula is C18H17BrO5. The Hall–Kier alpha value is -2.47. The minimum Gasteiger partial charge on any atom is -0.503 e. The third-order valence-electron chi connectivity index (χ3n) is 3.37. The van der Waals surface area contributed by atoms with Crippen LogP contribution in [0.4, 0.5) is 0 Å². The fourth-order valence-corrected chi connectivity index (χ4v) is 2.57. The number of allylic oxidation sites excluding steroid dienone is 1. The highest BCUT2D eigenvalue weighted by Crippen LogP contribution is 2.35. The molecule has 0 heterocycles. The Kier molecular flexibility index (Phi) is 5.87. The summed E-state index contributed by atoms with van der Waals surface area (Å²) in [6.07, 6.45) is 3.06. The van der Waals surface area contributed by atoms with Crippen molar-refractivity contribution in [1.82, 2.24) is 0 Å². The molecule has 0 fully saturated rings. The molecule has 0 radical (unpaired) electrons. The largest absolute Gasteiger partial charge is 0.503 e. The van der Waals surface area contributed by atoms with Crippen LogP contribution in [0.3, 0.4) is 0 Å². The zero-order valence-corrected chi connectivity index (χ0v) is 15.1. The summed E-state index contributed by atoms with van der Waals surface area (Å²) in [7, 11) is 4.50. The molecule has 0 saturated carbocycles. The Bertz CT molecular complexity index is 783. The highest BCUT2D eigenvalue weighted by Gasteiger charge is 2.12. The Morgan fingerprint density at radius 1 is 1.04 bits per heavy atom. The highest BCUT2D eigenvalue weighted by molar-refractivity contribution is 9.10. The number of hydrogen-bond donors (Lipinski definition) is 1. The average molecular weight is 393 g/mol. The van der Waals surface area contributed by atoms with Gasteiger partial charge in [0.15, 0.2) is 17.3 Å². The lowest BCUT2D eigenvalue weighted by Crippen LogP contribution is -1.99. The summed E-state index contributed by atoms with van der Waals surface area (Å²) in [5.41, 5.74) is 1.10. The molecule has 2 aromatic carbocycles. The number of hydrogen-bond acceptors (Lipinski definition) is 5. The smallest absolute Gasteiger partial charge is 0.189 e. The standard InChI is InChI=1S/C18H17BrO5/c1-22-12-5-7-16(23-2)13(10-12)15(20)6-4-11-8-14(19)18(21)17(9-11)24-3/h4-10,21H,1-3H3/b6-4+. The van der Waals surface area contributed by atoms with Crippen LogP contribution in [0.25, 0.3) is 6.08 Å². The zero-order chi connectivity index (χ0) is 17.7. The second-order valence-electron chi connectivity index (χ2n) is 4.82. The average Bonchev–Trinajstić information content (AvgIpc) is 2.61. The molecule has 0 aliphatic heterocycles. The molecular weight excluding hydrogens is 376 g/mol. The van der Waals surface area contributed by atoms with Gasteiger partial charge in [-0.05, 0) is 57.9 Å². The third kappa shape index (κ3) is 3.89. The van der Waals surface area contributed by atoms with E-state index < -0.39 is 0 Å². The first-order chi connectivity index (χ1) is 11.5. The number of carbonyl (C=O) groups is 1. The number of halogens is 1. The number of carbonyl (C=O) groups excluding carboxylic acids is 1. The summed E-state index contributed by atoms with van der Waals surface area (Å²) in [5.74, 6) is 1.14. The molecule has 2 rings (SSSR count). The van der Waals surface area contributed by atoms with Crippen molar-refractivity contribution in [3.05, 3.63) is 52.0 Å². The summed E-state index contributed by atoms with van der Waals surface area (Å²) in [5, 5.41) is 9.81. The van der Waals surface area contributed by atoms with Crippen LogP contribution in [0, 0.1) is 0 Å². The van der Waals surface area contributed by atoms with Gasteiger partial charge in [0.05, 0.1) is 31.4 Å². The highest BCUT2D eigenvalue weighted by atomic mass is 79.9. The van der Waals surface area contributed by atoms with E-state index >= 15 is 0 Å². The number of benzene rings is 2. The lowest BCUT2D eigenvalue weighted by Gasteiger charge is -2.08. The predicted octanol–water partition coefficient (Wildman–Crippen LogP) is 4.08. The minimum atomic E-state index is -0.228. The van der Waals surface area contributed by atoms with E-state index in [2.05, 4.69) is 15.9 Å². The molecule has 126 valence electrons. The summed E-state index contributed by atoms with van der Waals surface area (Å²) < 4.78 is 15.9. The molecule has 6 heteroatoms. The molecule has 0 aliphatic carbocycles. The van der Waals surface area contributed by atoms with Crippen LogP contribution in [0.15, 0.2) is 40.9 Å². The molecule has 2 aromatic rings. The van der Waals surface area contributed by atoms with Crippen LogP contribution >= 0.6 is 15.9 Å².